The van der Waals surface area contributed by atoms with Crippen molar-refractivity contribution in [2.75, 3.05) is 12.9 Å². The Kier molecular flexibility index (Phi) is 4.79. The number of rotatable bonds is 5. The van der Waals surface area contributed by atoms with Crippen molar-refractivity contribution in [3.63, 3.8) is 0 Å². The summed E-state index contributed by atoms with van der Waals surface area (Å²) in [5.74, 6) is 1.95. The number of amidine groups is 1. The fourth-order valence-electron chi connectivity index (χ4n) is 4.30. The number of aliphatic imine (C=N–C) groups is 1. The molecule has 0 N–H and O–H groups in total. The van der Waals surface area contributed by atoms with Crippen LogP contribution in [-0.2, 0) is 0 Å². The van der Waals surface area contributed by atoms with Crippen molar-refractivity contribution < 1.29 is 4.74 Å². The summed E-state index contributed by atoms with van der Waals surface area (Å²) in [4.78, 5) is 12.3. The minimum absolute atomic E-state index is 0.00712. The molecule has 1 aromatic carbocycles. The van der Waals surface area contributed by atoms with Gasteiger partial charge in [0, 0.05) is 41.6 Å². The van der Waals surface area contributed by atoms with Crippen LogP contribution in [-0.4, -0.2) is 38.5 Å². The summed E-state index contributed by atoms with van der Waals surface area (Å²) in [5.41, 5.74) is 3.35. The Bertz CT molecular complexity index is 1030. The molecule has 0 unspecified atom stereocenters. The van der Waals surface area contributed by atoms with Crippen LogP contribution in [0.5, 0.6) is 5.75 Å². The van der Waals surface area contributed by atoms with Crippen molar-refractivity contribution >= 4 is 16.9 Å². The van der Waals surface area contributed by atoms with Gasteiger partial charge in [-0.3, -0.25) is 9.98 Å². The van der Waals surface area contributed by atoms with Crippen LogP contribution >= 0.6 is 11.8 Å². The molecule has 6 heteroatoms. The summed E-state index contributed by atoms with van der Waals surface area (Å²) in [6, 6.07) is 19.3. The number of aromatic nitrogens is 2. The van der Waals surface area contributed by atoms with Gasteiger partial charge < -0.3 is 14.2 Å². The van der Waals surface area contributed by atoms with Crippen molar-refractivity contribution in [3.05, 3.63) is 78.4 Å². The SMILES string of the molecule is CC[C@@H]1CSC2=N[C@@H](c3ccccn3)[C@H](c3cccn3-c3cccc(OC)c3)N21. The Balaban J connectivity index is 1.62. The zero-order valence-corrected chi connectivity index (χ0v) is 17.4. The molecule has 0 radical (unpaired) electrons. The molecule has 0 spiro atoms. The number of fused-ring (bicyclic) bond motifs is 1. The van der Waals surface area contributed by atoms with Gasteiger partial charge in [0.2, 0.25) is 0 Å². The van der Waals surface area contributed by atoms with E-state index in [2.05, 4.69) is 64.0 Å². The third kappa shape index (κ3) is 3.12. The summed E-state index contributed by atoms with van der Waals surface area (Å²) in [6.45, 7) is 2.26. The van der Waals surface area contributed by atoms with E-state index in [9.17, 15) is 0 Å². The number of methoxy groups -OCH3 is 1. The molecule has 5 rings (SSSR count). The van der Waals surface area contributed by atoms with Gasteiger partial charge in [0.05, 0.1) is 12.8 Å². The minimum atomic E-state index is -0.00712. The normalized spacial score (nSPS) is 23.2. The van der Waals surface area contributed by atoms with Gasteiger partial charge in [-0.05, 0) is 42.8 Å². The van der Waals surface area contributed by atoms with Crippen LogP contribution in [0.1, 0.15) is 36.8 Å². The number of thioether (sulfide) groups is 1. The first-order valence-corrected chi connectivity index (χ1v) is 11.0. The molecule has 0 amide bonds. The molecular weight excluding hydrogens is 380 g/mol. The third-order valence-corrected chi connectivity index (χ3v) is 6.87. The van der Waals surface area contributed by atoms with Crippen molar-refractivity contribution in [1.29, 1.82) is 0 Å². The lowest BCUT2D eigenvalue weighted by atomic mass is 9.99. The van der Waals surface area contributed by atoms with Crippen LogP contribution in [0.25, 0.3) is 5.69 Å². The standard InChI is InChI=1S/C23H24N4OS/c1-3-16-15-29-23-25-21(19-10-4-5-12-24-19)22(27(16)23)20-11-7-13-26(20)17-8-6-9-18(14-17)28-2/h4-14,16,21-22H,3,15H2,1-2H3/t16-,21+,22+/m1/s1. The molecule has 3 atom stereocenters. The predicted molar refractivity (Wildman–Crippen MR) is 118 cm³/mol. The Morgan fingerprint density at radius 3 is 2.86 bits per heavy atom. The van der Waals surface area contributed by atoms with Gasteiger partial charge in [0.15, 0.2) is 5.17 Å². The fourth-order valence-corrected chi connectivity index (χ4v) is 5.64. The highest BCUT2D eigenvalue weighted by Gasteiger charge is 2.46. The monoisotopic (exact) mass is 404 g/mol. The van der Waals surface area contributed by atoms with Gasteiger partial charge in [-0.1, -0.05) is 30.8 Å². The first-order valence-electron chi connectivity index (χ1n) is 10.0. The second-order valence-corrected chi connectivity index (χ2v) is 8.33. The summed E-state index contributed by atoms with van der Waals surface area (Å²) < 4.78 is 7.71. The maximum Gasteiger partial charge on any atom is 0.160 e. The maximum absolute atomic E-state index is 5.45. The molecule has 148 valence electrons. The molecule has 3 aromatic rings. The summed E-state index contributed by atoms with van der Waals surface area (Å²) in [7, 11) is 1.71. The molecule has 0 bridgehead atoms. The fraction of sp³-hybridized carbons (Fsp3) is 0.304. The first kappa shape index (κ1) is 18.3. The Morgan fingerprint density at radius 2 is 2.07 bits per heavy atom. The Morgan fingerprint density at radius 1 is 1.14 bits per heavy atom. The topological polar surface area (TPSA) is 42.6 Å². The second-order valence-electron chi connectivity index (χ2n) is 7.34. The van der Waals surface area contributed by atoms with E-state index >= 15 is 0 Å². The van der Waals surface area contributed by atoms with Crippen molar-refractivity contribution in [2.45, 2.75) is 31.5 Å². The molecular formula is C23H24N4OS. The molecule has 29 heavy (non-hydrogen) atoms. The average molecular weight is 405 g/mol. The smallest absolute Gasteiger partial charge is 0.160 e. The molecule has 1 saturated heterocycles. The number of hydrogen-bond acceptors (Lipinski definition) is 5. The van der Waals surface area contributed by atoms with E-state index < -0.39 is 0 Å². The van der Waals surface area contributed by atoms with Crippen LogP contribution in [0.2, 0.25) is 0 Å². The van der Waals surface area contributed by atoms with E-state index in [-0.39, 0.29) is 12.1 Å². The van der Waals surface area contributed by atoms with Crippen LogP contribution < -0.4 is 4.74 Å². The zero-order chi connectivity index (χ0) is 19.8. The Labute approximate surface area is 175 Å². The van der Waals surface area contributed by atoms with Crippen molar-refractivity contribution in [3.8, 4) is 11.4 Å². The van der Waals surface area contributed by atoms with E-state index in [4.69, 9.17) is 9.73 Å². The summed E-state index contributed by atoms with van der Waals surface area (Å²) in [6.07, 6.45) is 5.10. The average Bonchev–Trinajstić information content (AvgIpc) is 3.49. The van der Waals surface area contributed by atoms with Gasteiger partial charge in [-0.15, -0.1) is 0 Å². The van der Waals surface area contributed by atoms with Crippen molar-refractivity contribution in [2.24, 2.45) is 4.99 Å². The summed E-state index contributed by atoms with van der Waals surface area (Å²) in [5, 5.41) is 1.15. The molecule has 1 fully saturated rings. The van der Waals surface area contributed by atoms with Crippen LogP contribution in [0.4, 0.5) is 0 Å². The number of ether oxygens (including phenoxy) is 1. The van der Waals surface area contributed by atoms with Crippen molar-refractivity contribution in [1.82, 2.24) is 14.5 Å². The lowest BCUT2D eigenvalue weighted by Crippen LogP contribution is -2.36. The number of hydrogen-bond donors (Lipinski definition) is 0. The highest BCUT2D eigenvalue weighted by atomic mass is 32.2. The zero-order valence-electron chi connectivity index (χ0n) is 16.6. The molecule has 2 aliphatic rings. The molecule has 5 nitrogen and oxygen atoms in total. The van der Waals surface area contributed by atoms with E-state index in [1.807, 2.05) is 36.2 Å². The quantitative estimate of drug-likeness (QED) is 0.609. The molecule has 0 saturated carbocycles. The number of pyridine rings is 1. The minimum Gasteiger partial charge on any atom is -0.497 e. The maximum atomic E-state index is 5.45. The highest BCUT2D eigenvalue weighted by Crippen LogP contribution is 2.48. The number of benzene rings is 1. The van der Waals surface area contributed by atoms with E-state index in [1.165, 1.54) is 5.69 Å². The van der Waals surface area contributed by atoms with E-state index in [0.717, 1.165) is 34.5 Å². The Hall–Kier alpha value is -2.73. The third-order valence-electron chi connectivity index (χ3n) is 5.74. The molecule has 0 aliphatic carbocycles. The number of nitrogens with zero attached hydrogens (tertiary/aromatic N) is 4. The molecule has 2 aromatic heterocycles. The lowest BCUT2D eigenvalue weighted by Gasteiger charge is -2.32. The van der Waals surface area contributed by atoms with Crippen LogP contribution in [0, 0.1) is 0 Å². The van der Waals surface area contributed by atoms with E-state index in [0.29, 0.717) is 6.04 Å². The largest absolute Gasteiger partial charge is 0.497 e. The molecule has 4 heterocycles. The van der Waals surface area contributed by atoms with Gasteiger partial charge >= 0.3 is 0 Å². The van der Waals surface area contributed by atoms with E-state index in [1.54, 1.807) is 7.11 Å². The van der Waals surface area contributed by atoms with Gasteiger partial charge in [-0.25, -0.2) is 0 Å². The highest BCUT2D eigenvalue weighted by molar-refractivity contribution is 8.14. The first-order chi connectivity index (χ1) is 14.3. The van der Waals surface area contributed by atoms with Gasteiger partial charge in [0.25, 0.3) is 0 Å². The van der Waals surface area contributed by atoms with Crippen LogP contribution in [0.3, 0.4) is 0 Å². The molecule has 2 aliphatic heterocycles. The lowest BCUT2D eigenvalue weighted by molar-refractivity contribution is 0.249. The second kappa shape index (κ2) is 7.59. The summed E-state index contributed by atoms with van der Waals surface area (Å²) >= 11 is 1.87. The van der Waals surface area contributed by atoms with Crippen LogP contribution in [0.15, 0.2) is 72.0 Å². The predicted octanol–water partition coefficient (Wildman–Crippen LogP) is 4.86. The van der Waals surface area contributed by atoms with Gasteiger partial charge in [0.1, 0.15) is 17.8 Å². The van der Waals surface area contributed by atoms with Gasteiger partial charge in [-0.2, -0.15) is 0 Å².